The number of hydrogen-bond donors (Lipinski definition) is 2. The molecule has 112 valence electrons. The first kappa shape index (κ1) is 16.5. The molecule has 1 aromatic carbocycles. The van der Waals surface area contributed by atoms with Gasteiger partial charge in [0, 0.05) is 19.0 Å². The summed E-state index contributed by atoms with van der Waals surface area (Å²) >= 11 is 0. The minimum Gasteiger partial charge on any atom is -0.356 e. The predicted molar refractivity (Wildman–Crippen MR) is 71.1 cm³/mol. The van der Waals surface area contributed by atoms with E-state index in [-0.39, 0.29) is 18.2 Å². The number of alkyl halides is 3. The maximum Gasteiger partial charge on any atom is 0.396 e. The summed E-state index contributed by atoms with van der Waals surface area (Å²) in [5.41, 5.74) is 5.61. The zero-order chi connectivity index (χ0) is 15.2. The van der Waals surface area contributed by atoms with Crippen LogP contribution in [0.4, 0.5) is 13.2 Å². The van der Waals surface area contributed by atoms with Gasteiger partial charge in [-0.3, -0.25) is 4.79 Å². The Morgan fingerprint density at radius 1 is 1.30 bits per heavy atom. The van der Waals surface area contributed by atoms with Crippen molar-refractivity contribution in [3.8, 4) is 0 Å². The van der Waals surface area contributed by atoms with Crippen LogP contribution in [-0.2, 0) is 4.79 Å². The number of carbonyl (C=O) groups excluding carboxylic acids is 1. The van der Waals surface area contributed by atoms with Crippen molar-refractivity contribution in [1.82, 2.24) is 5.32 Å². The van der Waals surface area contributed by atoms with Gasteiger partial charge in [-0.05, 0) is 18.9 Å². The van der Waals surface area contributed by atoms with E-state index in [4.69, 9.17) is 5.73 Å². The molecule has 0 saturated heterocycles. The van der Waals surface area contributed by atoms with Crippen LogP contribution in [0.25, 0.3) is 0 Å². The van der Waals surface area contributed by atoms with E-state index in [1.807, 2.05) is 0 Å². The van der Waals surface area contributed by atoms with E-state index in [2.05, 4.69) is 5.32 Å². The van der Waals surface area contributed by atoms with Crippen molar-refractivity contribution in [2.24, 2.45) is 5.73 Å². The van der Waals surface area contributed by atoms with Crippen LogP contribution in [-0.4, -0.2) is 24.7 Å². The van der Waals surface area contributed by atoms with Crippen LogP contribution in [0.15, 0.2) is 30.3 Å². The Balaban J connectivity index is 2.65. The number of halogens is 3. The molecular formula is C14H19F3N2O. The van der Waals surface area contributed by atoms with E-state index in [1.165, 1.54) is 24.3 Å². The van der Waals surface area contributed by atoms with E-state index in [9.17, 15) is 18.0 Å². The molecule has 3 nitrogen and oxygen atoms in total. The Morgan fingerprint density at radius 2 is 1.90 bits per heavy atom. The highest BCUT2D eigenvalue weighted by Crippen LogP contribution is 2.37. The molecule has 0 saturated carbocycles. The Kier molecular flexibility index (Phi) is 6.01. The topological polar surface area (TPSA) is 55.1 Å². The highest BCUT2D eigenvalue weighted by atomic mass is 19.4. The number of amides is 1. The molecule has 1 amide bonds. The number of nitrogens with one attached hydrogen (secondary N) is 1. The summed E-state index contributed by atoms with van der Waals surface area (Å²) < 4.78 is 39.0. The normalized spacial score (nSPS) is 14.7. The van der Waals surface area contributed by atoms with E-state index < -0.39 is 24.4 Å². The van der Waals surface area contributed by atoms with Gasteiger partial charge in [0.2, 0.25) is 5.91 Å². The molecule has 2 atom stereocenters. The average Bonchev–Trinajstić information content (AvgIpc) is 2.35. The van der Waals surface area contributed by atoms with Gasteiger partial charge in [0.15, 0.2) is 0 Å². The smallest absolute Gasteiger partial charge is 0.356 e. The molecule has 0 heterocycles. The monoisotopic (exact) mass is 288 g/mol. The van der Waals surface area contributed by atoms with Crippen LogP contribution in [0.5, 0.6) is 0 Å². The first-order chi connectivity index (χ1) is 9.30. The van der Waals surface area contributed by atoms with Crippen LogP contribution >= 0.6 is 0 Å². The van der Waals surface area contributed by atoms with E-state index in [0.29, 0.717) is 6.42 Å². The summed E-state index contributed by atoms with van der Waals surface area (Å²) in [5, 5.41) is 2.47. The fourth-order valence-electron chi connectivity index (χ4n) is 1.80. The molecule has 0 aliphatic heterocycles. The first-order valence-electron chi connectivity index (χ1n) is 6.44. The van der Waals surface area contributed by atoms with Crippen LogP contribution in [0.2, 0.25) is 0 Å². The predicted octanol–water partition coefficient (Wildman–Crippen LogP) is 2.58. The second-order valence-electron chi connectivity index (χ2n) is 4.82. The summed E-state index contributed by atoms with van der Waals surface area (Å²) in [7, 11) is 0. The number of benzene rings is 1. The van der Waals surface area contributed by atoms with Gasteiger partial charge in [0.1, 0.15) is 0 Å². The SMILES string of the molecule is CC(N)CCNC(=O)CC(c1ccccc1)C(F)(F)F. The molecule has 6 heteroatoms. The van der Waals surface area contributed by atoms with Gasteiger partial charge in [-0.1, -0.05) is 30.3 Å². The van der Waals surface area contributed by atoms with Gasteiger partial charge in [0.05, 0.1) is 5.92 Å². The fraction of sp³-hybridized carbons (Fsp3) is 0.500. The van der Waals surface area contributed by atoms with Crippen molar-refractivity contribution < 1.29 is 18.0 Å². The van der Waals surface area contributed by atoms with Gasteiger partial charge in [-0.2, -0.15) is 13.2 Å². The molecule has 0 radical (unpaired) electrons. The highest BCUT2D eigenvalue weighted by molar-refractivity contribution is 5.77. The zero-order valence-corrected chi connectivity index (χ0v) is 11.3. The lowest BCUT2D eigenvalue weighted by Gasteiger charge is -2.20. The minimum absolute atomic E-state index is 0.0946. The van der Waals surface area contributed by atoms with Crippen molar-refractivity contribution in [2.45, 2.75) is 37.9 Å². The highest BCUT2D eigenvalue weighted by Gasteiger charge is 2.41. The lowest BCUT2D eigenvalue weighted by atomic mass is 9.95. The minimum atomic E-state index is -4.44. The molecule has 0 fully saturated rings. The number of hydrogen-bond acceptors (Lipinski definition) is 2. The third-order valence-electron chi connectivity index (χ3n) is 2.91. The molecule has 2 unspecified atom stereocenters. The third kappa shape index (κ3) is 5.61. The largest absolute Gasteiger partial charge is 0.396 e. The number of carbonyl (C=O) groups is 1. The van der Waals surface area contributed by atoms with Gasteiger partial charge in [0.25, 0.3) is 0 Å². The molecule has 0 aromatic heterocycles. The zero-order valence-electron chi connectivity index (χ0n) is 11.3. The summed E-state index contributed by atoms with van der Waals surface area (Å²) in [4.78, 5) is 11.6. The van der Waals surface area contributed by atoms with Crippen LogP contribution in [0, 0.1) is 0 Å². The van der Waals surface area contributed by atoms with Crippen LogP contribution in [0.3, 0.4) is 0 Å². The Morgan fingerprint density at radius 3 is 2.40 bits per heavy atom. The molecular weight excluding hydrogens is 269 g/mol. The lowest BCUT2D eigenvalue weighted by molar-refractivity contribution is -0.157. The third-order valence-corrected chi connectivity index (χ3v) is 2.91. The Bertz CT molecular complexity index is 418. The Hall–Kier alpha value is -1.56. The quantitative estimate of drug-likeness (QED) is 0.845. The number of rotatable bonds is 6. The van der Waals surface area contributed by atoms with E-state index in [0.717, 1.165) is 0 Å². The summed E-state index contributed by atoms with van der Waals surface area (Å²) in [6.45, 7) is 2.06. The maximum atomic E-state index is 13.0. The standard InChI is InChI=1S/C14H19F3N2O/c1-10(18)7-8-19-13(20)9-12(14(15,16)17)11-5-3-2-4-6-11/h2-6,10,12H,7-9,18H2,1H3,(H,19,20). The summed E-state index contributed by atoms with van der Waals surface area (Å²) in [5.74, 6) is -2.39. The van der Waals surface area contributed by atoms with Crippen molar-refractivity contribution in [3.63, 3.8) is 0 Å². The Labute approximate surface area is 116 Å². The van der Waals surface area contributed by atoms with Gasteiger partial charge < -0.3 is 11.1 Å². The fourth-order valence-corrected chi connectivity index (χ4v) is 1.80. The van der Waals surface area contributed by atoms with Crippen LogP contribution in [0.1, 0.15) is 31.2 Å². The molecule has 0 spiro atoms. The first-order valence-corrected chi connectivity index (χ1v) is 6.44. The van der Waals surface area contributed by atoms with Crippen molar-refractivity contribution in [1.29, 1.82) is 0 Å². The number of nitrogens with two attached hydrogens (primary N) is 1. The molecule has 0 aliphatic rings. The average molecular weight is 288 g/mol. The second-order valence-corrected chi connectivity index (χ2v) is 4.82. The molecule has 1 rings (SSSR count). The maximum absolute atomic E-state index is 13.0. The molecule has 0 bridgehead atoms. The van der Waals surface area contributed by atoms with Crippen LogP contribution < -0.4 is 11.1 Å². The molecule has 0 aliphatic carbocycles. The van der Waals surface area contributed by atoms with Crippen molar-refractivity contribution in [3.05, 3.63) is 35.9 Å². The summed E-state index contributed by atoms with van der Waals surface area (Å²) in [6, 6.07) is 7.37. The summed E-state index contributed by atoms with van der Waals surface area (Å²) in [6.07, 6.45) is -4.51. The van der Waals surface area contributed by atoms with Crippen molar-refractivity contribution >= 4 is 5.91 Å². The molecule has 1 aromatic rings. The van der Waals surface area contributed by atoms with Gasteiger partial charge >= 0.3 is 6.18 Å². The van der Waals surface area contributed by atoms with E-state index in [1.54, 1.807) is 13.0 Å². The lowest BCUT2D eigenvalue weighted by Crippen LogP contribution is -2.32. The molecule has 3 N–H and O–H groups in total. The van der Waals surface area contributed by atoms with Crippen molar-refractivity contribution in [2.75, 3.05) is 6.54 Å². The van der Waals surface area contributed by atoms with E-state index >= 15 is 0 Å². The second kappa shape index (κ2) is 7.28. The van der Waals surface area contributed by atoms with Gasteiger partial charge in [-0.25, -0.2) is 0 Å². The molecule has 20 heavy (non-hydrogen) atoms. The van der Waals surface area contributed by atoms with Gasteiger partial charge in [-0.15, -0.1) is 0 Å².